The minimum absolute atomic E-state index is 0.281. The normalized spacial score (nSPS) is 11.6. The van der Waals surface area contributed by atoms with Crippen LogP contribution < -0.4 is 4.74 Å². The smallest absolute Gasteiger partial charge is 0.331 e. The van der Waals surface area contributed by atoms with Gasteiger partial charge in [-0.2, -0.15) is 0 Å². The molecule has 3 rings (SSSR count). The van der Waals surface area contributed by atoms with Crippen LogP contribution >= 0.6 is 0 Å². The van der Waals surface area contributed by atoms with E-state index in [1.807, 2.05) is 48.5 Å². The van der Waals surface area contributed by atoms with Crippen molar-refractivity contribution in [2.45, 2.75) is 13.5 Å². The quantitative estimate of drug-likeness (QED) is 0.693. The molecule has 0 atom stereocenters. The molecule has 0 spiro atoms. The van der Waals surface area contributed by atoms with E-state index in [1.54, 1.807) is 19.2 Å². The summed E-state index contributed by atoms with van der Waals surface area (Å²) in [7, 11) is 0. The minimum atomic E-state index is -0.929. The second-order valence-corrected chi connectivity index (χ2v) is 5.33. The van der Waals surface area contributed by atoms with Crippen LogP contribution in [0.3, 0.4) is 0 Å². The third-order valence-electron chi connectivity index (χ3n) is 3.64. The molecule has 0 bridgehead atoms. The number of H-pyrrole nitrogens is 1. The van der Waals surface area contributed by atoms with Crippen molar-refractivity contribution >= 4 is 22.9 Å². The fraction of sp³-hybridized carbons (Fsp3) is 0.105. The highest BCUT2D eigenvalue weighted by Crippen LogP contribution is 2.30. The number of aliphatic carboxylic acids is 1. The lowest BCUT2D eigenvalue weighted by atomic mass is 10.1. The van der Waals surface area contributed by atoms with Gasteiger partial charge in [-0.3, -0.25) is 0 Å². The van der Waals surface area contributed by atoms with Gasteiger partial charge in [0, 0.05) is 28.2 Å². The molecular weight excluding hydrogens is 290 g/mol. The van der Waals surface area contributed by atoms with Crippen molar-refractivity contribution < 1.29 is 14.6 Å². The Kier molecular flexibility index (Phi) is 4.15. The molecule has 0 saturated heterocycles. The number of aromatic amines is 1. The molecule has 0 radical (unpaired) electrons. The number of hydrogen-bond acceptors (Lipinski definition) is 2. The Morgan fingerprint density at radius 1 is 1.17 bits per heavy atom. The van der Waals surface area contributed by atoms with Crippen molar-refractivity contribution in [3.05, 3.63) is 71.4 Å². The summed E-state index contributed by atoms with van der Waals surface area (Å²) in [5, 5.41) is 9.96. The molecule has 4 heteroatoms. The van der Waals surface area contributed by atoms with Crippen LogP contribution in [0.1, 0.15) is 18.1 Å². The molecule has 0 amide bonds. The monoisotopic (exact) mass is 307 g/mol. The molecule has 0 aliphatic rings. The summed E-state index contributed by atoms with van der Waals surface area (Å²) in [6.45, 7) is 2.04. The Morgan fingerprint density at radius 3 is 2.70 bits per heavy atom. The lowest BCUT2D eigenvalue weighted by Crippen LogP contribution is -1.97. The van der Waals surface area contributed by atoms with Gasteiger partial charge in [0.1, 0.15) is 12.4 Å². The van der Waals surface area contributed by atoms with Crippen LogP contribution in [0.4, 0.5) is 0 Å². The highest BCUT2D eigenvalue weighted by molar-refractivity contribution is 5.99. The molecule has 0 unspecified atom stereocenters. The molecule has 1 aromatic heterocycles. The van der Waals surface area contributed by atoms with Crippen molar-refractivity contribution in [3.63, 3.8) is 0 Å². The number of ether oxygens (including phenoxy) is 1. The maximum absolute atomic E-state index is 11.0. The van der Waals surface area contributed by atoms with Crippen LogP contribution in [0, 0.1) is 0 Å². The third kappa shape index (κ3) is 3.26. The maximum Gasteiger partial charge on any atom is 0.331 e. The molecule has 0 aliphatic carbocycles. The van der Waals surface area contributed by atoms with Crippen LogP contribution in [0.2, 0.25) is 0 Å². The Bertz CT molecular complexity index is 863. The number of carboxylic acids is 1. The van der Waals surface area contributed by atoms with Gasteiger partial charge in [-0.1, -0.05) is 36.4 Å². The number of aromatic nitrogens is 1. The van der Waals surface area contributed by atoms with E-state index in [2.05, 4.69) is 4.98 Å². The van der Waals surface area contributed by atoms with Gasteiger partial charge >= 0.3 is 5.97 Å². The van der Waals surface area contributed by atoms with Gasteiger partial charge < -0.3 is 14.8 Å². The average Bonchev–Trinajstić information content (AvgIpc) is 2.97. The summed E-state index contributed by atoms with van der Waals surface area (Å²) in [5.41, 5.74) is 3.09. The van der Waals surface area contributed by atoms with E-state index in [4.69, 9.17) is 9.84 Å². The molecule has 3 aromatic rings. The summed E-state index contributed by atoms with van der Waals surface area (Å²) in [6.07, 6.45) is 3.45. The first kappa shape index (κ1) is 14.9. The molecule has 116 valence electrons. The van der Waals surface area contributed by atoms with Gasteiger partial charge in [-0.05, 0) is 30.7 Å². The summed E-state index contributed by atoms with van der Waals surface area (Å²) >= 11 is 0. The Hall–Kier alpha value is -3.01. The van der Waals surface area contributed by atoms with Gasteiger partial charge in [0.25, 0.3) is 0 Å². The summed E-state index contributed by atoms with van der Waals surface area (Å²) in [5.74, 6) is -0.195. The van der Waals surface area contributed by atoms with E-state index in [-0.39, 0.29) is 5.57 Å². The number of rotatable bonds is 5. The average molecular weight is 307 g/mol. The number of carbonyl (C=O) groups is 1. The summed E-state index contributed by atoms with van der Waals surface area (Å²) in [6, 6.07) is 15.7. The molecular formula is C19H17NO3. The summed E-state index contributed by atoms with van der Waals surface area (Å²) in [4.78, 5) is 14.2. The third-order valence-corrected chi connectivity index (χ3v) is 3.64. The van der Waals surface area contributed by atoms with Crippen molar-refractivity contribution in [3.8, 4) is 5.75 Å². The van der Waals surface area contributed by atoms with Crippen LogP contribution in [0.5, 0.6) is 5.75 Å². The van der Waals surface area contributed by atoms with Crippen molar-refractivity contribution in [2.75, 3.05) is 0 Å². The first-order valence-corrected chi connectivity index (χ1v) is 7.33. The summed E-state index contributed by atoms with van der Waals surface area (Å²) < 4.78 is 5.95. The predicted molar refractivity (Wildman–Crippen MR) is 90.4 cm³/mol. The molecule has 2 N–H and O–H groups in total. The molecule has 23 heavy (non-hydrogen) atoms. The Balaban J connectivity index is 1.95. The zero-order valence-electron chi connectivity index (χ0n) is 12.7. The van der Waals surface area contributed by atoms with Crippen molar-refractivity contribution in [1.29, 1.82) is 0 Å². The molecule has 0 saturated carbocycles. The first-order valence-electron chi connectivity index (χ1n) is 7.33. The highest BCUT2D eigenvalue weighted by atomic mass is 16.5. The van der Waals surface area contributed by atoms with Gasteiger partial charge in [-0.25, -0.2) is 4.79 Å². The van der Waals surface area contributed by atoms with E-state index in [9.17, 15) is 4.79 Å². The highest BCUT2D eigenvalue weighted by Gasteiger charge is 2.10. The van der Waals surface area contributed by atoms with Crippen LogP contribution in [0.25, 0.3) is 17.0 Å². The lowest BCUT2D eigenvalue weighted by Gasteiger charge is -2.08. The number of nitrogens with one attached hydrogen (secondary N) is 1. The molecule has 4 nitrogen and oxygen atoms in total. The molecule has 0 aliphatic heterocycles. The van der Waals surface area contributed by atoms with E-state index >= 15 is 0 Å². The maximum atomic E-state index is 11.0. The van der Waals surface area contributed by atoms with Gasteiger partial charge in [-0.15, -0.1) is 0 Å². The topological polar surface area (TPSA) is 62.3 Å². The van der Waals surface area contributed by atoms with E-state index in [0.29, 0.717) is 6.61 Å². The largest absolute Gasteiger partial charge is 0.488 e. The SMILES string of the molecule is C/C(=C\c1c[nH]c2cccc(OCc3ccccc3)c12)C(=O)O. The lowest BCUT2D eigenvalue weighted by molar-refractivity contribution is -0.132. The first-order chi connectivity index (χ1) is 11.1. The van der Waals surface area contributed by atoms with Gasteiger partial charge in [0.2, 0.25) is 0 Å². The Morgan fingerprint density at radius 2 is 1.96 bits per heavy atom. The van der Waals surface area contributed by atoms with Gasteiger partial charge in [0.05, 0.1) is 0 Å². The predicted octanol–water partition coefficient (Wildman–Crippen LogP) is 4.23. The standard InChI is InChI=1S/C19H17NO3/c1-13(19(21)22)10-15-11-20-16-8-5-9-17(18(15)16)23-12-14-6-3-2-4-7-14/h2-11,20H,12H2,1H3,(H,21,22)/b13-10+. The van der Waals surface area contributed by atoms with Crippen LogP contribution in [0.15, 0.2) is 60.3 Å². The number of carboxylic acid groups (broad SMARTS) is 1. The van der Waals surface area contributed by atoms with Crippen LogP contribution in [-0.4, -0.2) is 16.1 Å². The van der Waals surface area contributed by atoms with E-state index in [0.717, 1.165) is 27.8 Å². The van der Waals surface area contributed by atoms with E-state index < -0.39 is 5.97 Å². The van der Waals surface area contributed by atoms with Crippen molar-refractivity contribution in [2.24, 2.45) is 0 Å². The molecule has 0 fully saturated rings. The zero-order valence-corrected chi connectivity index (χ0v) is 12.7. The number of hydrogen-bond donors (Lipinski definition) is 2. The van der Waals surface area contributed by atoms with Crippen molar-refractivity contribution in [1.82, 2.24) is 4.98 Å². The zero-order chi connectivity index (χ0) is 16.2. The van der Waals surface area contributed by atoms with E-state index in [1.165, 1.54) is 0 Å². The second-order valence-electron chi connectivity index (χ2n) is 5.33. The number of benzene rings is 2. The van der Waals surface area contributed by atoms with Gasteiger partial charge in [0.15, 0.2) is 0 Å². The molecule has 1 heterocycles. The molecule has 2 aromatic carbocycles. The second kappa shape index (κ2) is 6.40. The fourth-order valence-corrected chi connectivity index (χ4v) is 2.44. The Labute approximate surface area is 134 Å². The number of fused-ring (bicyclic) bond motifs is 1. The minimum Gasteiger partial charge on any atom is -0.488 e. The van der Waals surface area contributed by atoms with Crippen LogP contribution in [-0.2, 0) is 11.4 Å². The fourth-order valence-electron chi connectivity index (χ4n) is 2.44.